The molecule has 29 heavy (non-hydrogen) atoms. The fourth-order valence-electron chi connectivity index (χ4n) is 4.19. The molecule has 0 aliphatic carbocycles. The number of fused-ring (bicyclic) bond motifs is 1. The molecular formula is C23H28N2O3S. The third kappa shape index (κ3) is 4.23. The number of nitrogens with zero attached hydrogens (tertiary/aromatic N) is 2. The second kappa shape index (κ2) is 8.67. The third-order valence-electron chi connectivity index (χ3n) is 5.73. The number of hydrogen-bond donors (Lipinski definition) is 0. The number of aryl methyl sites for hydroxylation is 2. The maximum atomic E-state index is 13.0. The van der Waals surface area contributed by atoms with Crippen molar-refractivity contribution in [3.05, 3.63) is 59.2 Å². The van der Waals surface area contributed by atoms with Crippen molar-refractivity contribution in [1.29, 1.82) is 0 Å². The predicted octanol–water partition coefficient (Wildman–Crippen LogP) is 4.59. The Morgan fingerprint density at radius 2 is 1.83 bits per heavy atom. The molecule has 2 aromatic rings. The van der Waals surface area contributed by atoms with Gasteiger partial charge in [0, 0.05) is 24.7 Å². The van der Waals surface area contributed by atoms with Gasteiger partial charge in [-0.25, -0.2) is 13.3 Å². The summed E-state index contributed by atoms with van der Waals surface area (Å²) in [5, 5.41) is 0. The van der Waals surface area contributed by atoms with Crippen LogP contribution in [0.2, 0.25) is 0 Å². The van der Waals surface area contributed by atoms with E-state index in [2.05, 4.69) is 25.1 Å². The molecule has 0 aromatic heterocycles. The molecule has 1 amide bonds. The number of piperidine rings is 1. The SMILES string of the molecule is CCCc1ccc(S(=O)N2CCC(N3C(=O)OCc4cc(C)ccc43)CC2)cc1. The number of amides is 1. The highest BCUT2D eigenvalue weighted by atomic mass is 32.2. The second-order valence-corrected chi connectivity index (χ2v) is 9.35. The Morgan fingerprint density at radius 3 is 2.52 bits per heavy atom. The molecule has 0 spiro atoms. The van der Waals surface area contributed by atoms with Gasteiger partial charge in [-0.15, -0.1) is 0 Å². The topological polar surface area (TPSA) is 49.9 Å². The first kappa shape index (κ1) is 20.1. The van der Waals surface area contributed by atoms with Crippen molar-refractivity contribution >= 4 is 22.8 Å². The van der Waals surface area contributed by atoms with Crippen LogP contribution in [0, 0.1) is 6.92 Å². The fraction of sp³-hybridized carbons (Fsp3) is 0.435. The number of ether oxygens (including phenoxy) is 1. The summed E-state index contributed by atoms with van der Waals surface area (Å²) >= 11 is 0. The van der Waals surface area contributed by atoms with Crippen molar-refractivity contribution in [2.24, 2.45) is 0 Å². The molecule has 1 fully saturated rings. The average Bonchev–Trinajstić information content (AvgIpc) is 2.74. The summed E-state index contributed by atoms with van der Waals surface area (Å²) in [5.74, 6) is 0. The number of carbonyl (C=O) groups excluding carboxylic acids is 1. The average molecular weight is 413 g/mol. The fourth-order valence-corrected chi connectivity index (χ4v) is 5.40. The normalized spacial score (nSPS) is 19.0. The lowest BCUT2D eigenvalue weighted by atomic mass is 10.0. The van der Waals surface area contributed by atoms with Gasteiger partial charge < -0.3 is 4.74 Å². The standard InChI is InChI=1S/C23H28N2O3S/c1-3-4-18-6-8-21(9-7-18)29(27)24-13-11-20(12-14-24)25-22-10-5-17(2)15-19(22)16-28-23(25)26/h5-10,15,20H,3-4,11-14,16H2,1-2H3. The van der Waals surface area contributed by atoms with E-state index in [9.17, 15) is 9.00 Å². The minimum atomic E-state index is -1.16. The molecule has 2 aliphatic rings. The van der Waals surface area contributed by atoms with Crippen LogP contribution in [-0.2, 0) is 28.8 Å². The quantitative estimate of drug-likeness (QED) is 0.722. The summed E-state index contributed by atoms with van der Waals surface area (Å²) in [6.45, 7) is 5.93. The van der Waals surface area contributed by atoms with Crippen molar-refractivity contribution in [3.8, 4) is 0 Å². The summed E-state index contributed by atoms with van der Waals surface area (Å²) in [7, 11) is -1.16. The summed E-state index contributed by atoms with van der Waals surface area (Å²) in [5.41, 5.74) is 4.46. The van der Waals surface area contributed by atoms with Crippen LogP contribution < -0.4 is 4.90 Å². The molecule has 1 atom stereocenters. The summed E-state index contributed by atoms with van der Waals surface area (Å²) < 4.78 is 20.4. The zero-order chi connectivity index (χ0) is 20.4. The number of rotatable bonds is 5. The van der Waals surface area contributed by atoms with E-state index in [0.29, 0.717) is 19.7 Å². The second-order valence-electron chi connectivity index (χ2n) is 7.86. The van der Waals surface area contributed by atoms with E-state index in [-0.39, 0.29) is 12.1 Å². The lowest BCUT2D eigenvalue weighted by molar-refractivity contribution is 0.136. The lowest BCUT2D eigenvalue weighted by Crippen LogP contribution is -2.49. The number of cyclic esters (lactones) is 1. The maximum Gasteiger partial charge on any atom is 0.414 e. The van der Waals surface area contributed by atoms with Crippen LogP contribution in [0.4, 0.5) is 10.5 Å². The molecular weight excluding hydrogens is 384 g/mol. The molecule has 2 aliphatic heterocycles. The molecule has 6 heteroatoms. The highest BCUT2D eigenvalue weighted by molar-refractivity contribution is 7.82. The molecule has 2 aromatic carbocycles. The van der Waals surface area contributed by atoms with Crippen molar-refractivity contribution < 1.29 is 13.7 Å². The zero-order valence-corrected chi connectivity index (χ0v) is 17.9. The Morgan fingerprint density at radius 1 is 1.10 bits per heavy atom. The van der Waals surface area contributed by atoms with Crippen LogP contribution in [0.15, 0.2) is 47.4 Å². The molecule has 0 N–H and O–H groups in total. The van der Waals surface area contributed by atoms with Gasteiger partial charge in [-0.3, -0.25) is 4.90 Å². The molecule has 2 heterocycles. The molecule has 0 saturated carbocycles. The smallest absolute Gasteiger partial charge is 0.414 e. The van der Waals surface area contributed by atoms with Crippen molar-refractivity contribution in [2.45, 2.75) is 57.1 Å². The first-order chi connectivity index (χ1) is 14.1. The van der Waals surface area contributed by atoms with Crippen LogP contribution in [0.3, 0.4) is 0 Å². The molecule has 1 unspecified atom stereocenters. The van der Waals surface area contributed by atoms with Crippen LogP contribution in [0.25, 0.3) is 0 Å². The van der Waals surface area contributed by atoms with E-state index in [0.717, 1.165) is 47.4 Å². The molecule has 154 valence electrons. The molecule has 4 rings (SSSR count). The number of carbonyl (C=O) groups is 1. The molecule has 0 radical (unpaired) electrons. The molecule has 5 nitrogen and oxygen atoms in total. The Bertz CT molecular complexity index is 905. The zero-order valence-electron chi connectivity index (χ0n) is 17.1. The van der Waals surface area contributed by atoms with Gasteiger partial charge in [-0.2, -0.15) is 0 Å². The maximum absolute atomic E-state index is 13.0. The highest BCUT2D eigenvalue weighted by Gasteiger charge is 2.35. The van der Waals surface area contributed by atoms with Crippen LogP contribution in [0.1, 0.15) is 42.9 Å². The summed E-state index contributed by atoms with van der Waals surface area (Å²) in [4.78, 5) is 15.1. The molecule has 1 saturated heterocycles. The van der Waals surface area contributed by atoms with Gasteiger partial charge >= 0.3 is 6.09 Å². The van der Waals surface area contributed by atoms with Gasteiger partial charge in [0.25, 0.3) is 0 Å². The lowest BCUT2D eigenvalue weighted by Gasteiger charge is -2.39. The van der Waals surface area contributed by atoms with Crippen molar-refractivity contribution in [1.82, 2.24) is 4.31 Å². The predicted molar refractivity (Wildman–Crippen MR) is 115 cm³/mol. The summed E-state index contributed by atoms with van der Waals surface area (Å²) in [6.07, 6.45) is 3.44. The van der Waals surface area contributed by atoms with E-state index in [1.165, 1.54) is 5.56 Å². The molecule has 0 bridgehead atoms. The van der Waals surface area contributed by atoms with Gasteiger partial charge in [0.05, 0.1) is 10.6 Å². The van der Waals surface area contributed by atoms with Gasteiger partial charge in [0.1, 0.15) is 17.6 Å². The van der Waals surface area contributed by atoms with Crippen molar-refractivity contribution in [3.63, 3.8) is 0 Å². The van der Waals surface area contributed by atoms with E-state index in [1.54, 1.807) is 4.90 Å². The highest BCUT2D eigenvalue weighted by Crippen LogP contribution is 2.33. The Labute approximate surface area is 175 Å². The number of hydrogen-bond acceptors (Lipinski definition) is 3. The van der Waals surface area contributed by atoms with Crippen molar-refractivity contribution in [2.75, 3.05) is 18.0 Å². The Hall–Kier alpha value is -2.18. The number of benzene rings is 2. The minimum Gasteiger partial charge on any atom is -0.444 e. The Balaban J connectivity index is 1.43. The summed E-state index contributed by atoms with van der Waals surface area (Å²) in [6, 6.07) is 14.3. The Kier molecular flexibility index (Phi) is 6.01. The van der Waals surface area contributed by atoms with Crippen LogP contribution in [-0.4, -0.2) is 33.7 Å². The van der Waals surface area contributed by atoms with Gasteiger partial charge in [0.2, 0.25) is 0 Å². The van der Waals surface area contributed by atoms with Crippen LogP contribution >= 0.6 is 0 Å². The van der Waals surface area contributed by atoms with Gasteiger partial charge in [0.15, 0.2) is 0 Å². The first-order valence-electron chi connectivity index (χ1n) is 10.4. The number of anilines is 1. The monoisotopic (exact) mass is 412 g/mol. The van der Waals surface area contributed by atoms with E-state index in [4.69, 9.17) is 4.74 Å². The first-order valence-corrected chi connectivity index (χ1v) is 11.5. The minimum absolute atomic E-state index is 0.0736. The van der Waals surface area contributed by atoms with Crippen LogP contribution in [0.5, 0.6) is 0 Å². The van der Waals surface area contributed by atoms with E-state index in [1.807, 2.05) is 35.5 Å². The third-order valence-corrected chi connectivity index (χ3v) is 7.24. The van der Waals surface area contributed by atoms with Gasteiger partial charge in [-0.1, -0.05) is 43.2 Å². The largest absolute Gasteiger partial charge is 0.444 e. The van der Waals surface area contributed by atoms with E-state index >= 15 is 0 Å². The van der Waals surface area contributed by atoms with E-state index < -0.39 is 11.0 Å². The van der Waals surface area contributed by atoms with Gasteiger partial charge in [-0.05, 0) is 49.9 Å².